The molecular formula is C17H17Cl2N5O2S. The summed E-state index contributed by atoms with van der Waals surface area (Å²) >= 11 is 17.6. The molecule has 10 heteroatoms. The van der Waals surface area contributed by atoms with Gasteiger partial charge in [-0.25, -0.2) is 4.98 Å². The molecular weight excluding hydrogens is 409 g/mol. The highest BCUT2D eigenvalue weighted by Crippen LogP contribution is 2.32. The number of aromatic amines is 1. The molecule has 2 aromatic rings. The molecule has 1 aliphatic heterocycles. The third-order valence-corrected chi connectivity index (χ3v) is 5.02. The van der Waals surface area contributed by atoms with Crippen molar-refractivity contribution >= 4 is 53.0 Å². The van der Waals surface area contributed by atoms with Crippen molar-refractivity contribution in [2.24, 2.45) is 11.5 Å². The van der Waals surface area contributed by atoms with Crippen molar-refractivity contribution in [1.82, 2.24) is 9.97 Å². The maximum Gasteiger partial charge on any atom is 0.243 e. The van der Waals surface area contributed by atoms with E-state index in [0.717, 1.165) is 12.5 Å². The van der Waals surface area contributed by atoms with Crippen LogP contribution in [-0.4, -0.2) is 35.1 Å². The molecule has 3 rings (SSSR count). The van der Waals surface area contributed by atoms with Crippen molar-refractivity contribution in [2.75, 3.05) is 18.5 Å². The van der Waals surface area contributed by atoms with Crippen molar-refractivity contribution in [3.63, 3.8) is 0 Å². The zero-order valence-electron chi connectivity index (χ0n) is 14.1. The number of carbonyl (C=O) groups is 1. The summed E-state index contributed by atoms with van der Waals surface area (Å²) in [6, 6.07) is 5.22. The summed E-state index contributed by atoms with van der Waals surface area (Å²) in [5.41, 5.74) is 13.0. The van der Waals surface area contributed by atoms with E-state index in [1.807, 2.05) is 0 Å². The molecule has 0 bridgehead atoms. The zero-order valence-corrected chi connectivity index (χ0v) is 16.4. The lowest BCUT2D eigenvalue weighted by atomic mass is 10.0. The third kappa shape index (κ3) is 4.59. The van der Waals surface area contributed by atoms with Crippen molar-refractivity contribution in [3.05, 3.63) is 44.5 Å². The molecule has 1 aromatic carbocycles. The first-order chi connectivity index (χ1) is 12.8. The number of ether oxygens (including phenoxy) is 1. The highest BCUT2D eigenvalue weighted by atomic mass is 35.5. The number of rotatable bonds is 5. The first-order valence-electron chi connectivity index (χ1n) is 8.06. The topological polar surface area (TPSA) is 119 Å². The Balaban J connectivity index is 2.15. The summed E-state index contributed by atoms with van der Waals surface area (Å²) in [5, 5.41) is 4.04. The van der Waals surface area contributed by atoms with E-state index < -0.39 is 5.91 Å². The van der Waals surface area contributed by atoms with Gasteiger partial charge in [0, 0.05) is 23.9 Å². The number of nitrogens with two attached hydrogens (primary N) is 2. The van der Waals surface area contributed by atoms with Gasteiger partial charge in [-0.3, -0.25) is 4.79 Å². The molecule has 0 aliphatic carbocycles. The van der Waals surface area contributed by atoms with Crippen LogP contribution < -0.4 is 16.8 Å². The molecule has 1 amide bonds. The second kappa shape index (κ2) is 8.26. The maximum atomic E-state index is 11.3. The van der Waals surface area contributed by atoms with Crippen LogP contribution in [0.15, 0.2) is 24.3 Å². The molecule has 1 atom stereocenters. The molecule has 1 saturated heterocycles. The Kier molecular flexibility index (Phi) is 6.01. The molecule has 2 heterocycles. The SMILES string of the molecule is NC(=O)/C=C(\N)c1c(-c2ccc(Cl)c(Cl)c2)[nH]c(NC2CCOC2)nc1=S. The predicted octanol–water partition coefficient (Wildman–Crippen LogP) is 3.10. The van der Waals surface area contributed by atoms with Crippen molar-refractivity contribution in [1.29, 1.82) is 0 Å². The van der Waals surface area contributed by atoms with Gasteiger partial charge in [-0.15, -0.1) is 0 Å². The fraction of sp³-hybridized carbons (Fsp3) is 0.235. The lowest BCUT2D eigenvalue weighted by Gasteiger charge is -2.16. The molecule has 0 spiro atoms. The number of aromatic nitrogens is 2. The van der Waals surface area contributed by atoms with Crippen LogP contribution in [-0.2, 0) is 9.53 Å². The molecule has 1 aliphatic rings. The fourth-order valence-electron chi connectivity index (χ4n) is 2.74. The van der Waals surface area contributed by atoms with E-state index in [0.29, 0.717) is 46.0 Å². The molecule has 1 aromatic heterocycles. The average Bonchev–Trinajstić information content (AvgIpc) is 3.09. The monoisotopic (exact) mass is 425 g/mol. The minimum atomic E-state index is -0.688. The molecule has 0 saturated carbocycles. The van der Waals surface area contributed by atoms with Gasteiger partial charge in [-0.1, -0.05) is 41.5 Å². The Morgan fingerprint density at radius 3 is 2.78 bits per heavy atom. The highest BCUT2D eigenvalue weighted by Gasteiger charge is 2.19. The molecule has 7 nitrogen and oxygen atoms in total. The Hall–Kier alpha value is -2.13. The number of nitrogens with one attached hydrogen (secondary N) is 2. The van der Waals surface area contributed by atoms with Gasteiger partial charge in [0.05, 0.1) is 34.0 Å². The van der Waals surface area contributed by atoms with Gasteiger partial charge in [0.15, 0.2) is 0 Å². The van der Waals surface area contributed by atoms with Crippen molar-refractivity contribution in [3.8, 4) is 11.3 Å². The van der Waals surface area contributed by atoms with Gasteiger partial charge in [0.2, 0.25) is 11.9 Å². The summed E-state index contributed by atoms with van der Waals surface area (Å²) in [6.45, 7) is 1.26. The van der Waals surface area contributed by atoms with Gasteiger partial charge >= 0.3 is 0 Å². The standard InChI is InChI=1S/C17H17Cl2N5O2S/c18-10-2-1-8(5-11(10)19)15-14(12(20)6-13(21)25)16(27)24-17(23-15)22-9-3-4-26-7-9/h1-2,5-6,9H,3-4,7,20H2,(H2,21,25)(H2,22,23,24,27)/b12-6-. The molecule has 1 unspecified atom stereocenters. The Morgan fingerprint density at radius 1 is 1.37 bits per heavy atom. The Bertz CT molecular complexity index is 970. The number of anilines is 1. The number of carbonyl (C=O) groups excluding carboxylic acids is 1. The van der Waals surface area contributed by atoms with Crippen LogP contribution in [0.1, 0.15) is 12.0 Å². The molecule has 1 fully saturated rings. The number of primary amides is 1. The smallest absolute Gasteiger partial charge is 0.243 e. The largest absolute Gasteiger partial charge is 0.398 e. The normalized spacial score (nSPS) is 17.1. The summed E-state index contributed by atoms with van der Waals surface area (Å²) in [7, 11) is 0. The average molecular weight is 426 g/mol. The molecule has 0 radical (unpaired) electrons. The first kappa shape index (κ1) is 19.6. The summed E-state index contributed by atoms with van der Waals surface area (Å²) in [6.07, 6.45) is 1.95. The van der Waals surface area contributed by atoms with Crippen LogP contribution in [0.3, 0.4) is 0 Å². The van der Waals surface area contributed by atoms with Gasteiger partial charge in [0.1, 0.15) is 4.64 Å². The van der Waals surface area contributed by atoms with Gasteiger partial charge in [0.25, 0.3) is 0 Å². The first-order valence-corrected chi connectivity index (χ1v) is 9.22. The molecule has 27 heavy (non-hydrogen) atoms. The lowest BCUT2D eigenvalue weighted by Crippen LogP contribution is -2.21. The minimum absolute atomic E-state index is 0.105. The third-order valence-electron chi connectivity index (χ3n) is 3.99. The van der Waals surface area contributed by atoms with E-state index in [2.05, 4.69) is 15.3 Å². The van der Waals surface area contributed by atoms with E-state index in [1.165, 1.54) is 0 Å². The number of nitrogens with zero attached hydrogens (tertiary/aromatic N) is 1. The summed E-state index contributed by atoms with van der Waals surface area (Å²) in [5.74, 6) is -0.223. The van der Waals surface area contributed by atoms with Crippen LogP contribution in [0, 0.1) is 4.64 Å². The Labute approximate surface area is 170 Å². The van der Waals surface area contributed by atoms with Crippen molar-refractivity contribution < 1.29 is 9.53 Å². The quantitative estimate of drug-likeness (QED) is 0.431. The Morgan fingerprint density at radius 2 is 2.15 bits per heavy atom. The summed E-state index contributed by atoms with van der Waals surface area (Å²) in [4.78, 5) is 18.8. The van der Waals surface area contributed by atoms with Gasteiger partial charge in [-0.2, -0.15) is 0 Å². The van der Waals surface area contributed by atoms with E-state index >= 15 is 0 Å². The number of halogens is 2. The van der Waals surface area contributed by atoms with Crippen LogP contribution in [0.4, 0.5) is 5.95 Å². The van der Waals surface area contributed by atoms with Crippen molar-refractivity contribution in [2.45, 2.75) is 12.5 Å². The molecule has 6 N–H and O–H groups in total. The van der Waals surface area contributed by atoms with Gasteiger partial charge < -0.3 is 26.5 Å². The number of H-pyrrole nitrogens is 1. The van der Waals surface area contributed by atoms with Crippen LogP contribution in [0.5, 0.6) is 0 Å². The van der Waals surface area contributed by atoms with E-state index in [-0.39, 0.29) is 16.4 Å². The second-order valence-electron chi connectivity index (χ2n) is 5.98. The lowest BCUT2D eigenvalue weighted by molar-refractivity contribution is -0.113. The number of benzene rings is 1. The zero-order chi connectivity index (χ0) is 19.6. The summed E-state index contributed by atoms with van der Waals surface area (Å²) < 4.78 is 5.58. The fourth-order valence-corrected chi connectivity index (χ4v) is 3.35. The van der Waals surface area contributed by atoms with E-state index in [9.17, 15) is 4.79 Å². The van der Waals surface area contributed by atoms with Gasteiger partial charge in [-0.05, 0) is 18.6 Å². The van der Waals surface area contributed by atoms with E-state index in [4.69, 9.17) is 51.6 Å². The van der Waals surface area contributed by atoms with Crippen LogP contribution in [0.25, 0.3) is 17.0 Å². The second-order valence-corrected chi connectivity index (χ2v) is 7.18. The highest BCUT2D eigenvalue weighted by molar-refractivity contribution is 7.71. The van der Waals surface area contributed by atoms with Crippen LogP contribution >= 0.6 is 35.4 Å². The number of amides is 1. The van der Waals surface area contributed by atoms with Crippen LogP contribution in [0.2, 0.25) is 10.0 Å². The number of hydrogen-bond donors (Lipinski definition) is 4. The predicted molar refractivity (Wildman–Crippen MR) is 109 cm³/mol. The maximum absolute atomic E-state index is 11.3. The number of hydrogen-bond acceptors (Lipinski definition) is 6. The molecule has 142 valence electrons. The minimum Gasteiger partial charge on any atom is -0.398 e. The van der Waals surface area contributed by atoms with E-state index in [1.54, 1.807) is 18.2 Å².